The summed E-state index contributed by atoms with van der Waals surface area (Å²) in [7, 11) is -3.81. The first-order valence-electron chi connectivity index (χ1n) is 9.30. The summed E-state index contributed by atoms with van der Waals surface area (Å²) < 4.78 is 28.4. The van der Waals surface area contributed by atoms with Gasteiger partial charge in [-0.2, -0.15) is 5.26 Å². The van der Waals surface area contributed by atoms with Gasteiger partial charge in [0.15, 0.2) is 0 Å². The standard InChI is InChI=1S/C20H21ClN4O3S/c1-12-17(19(26)25-10-20(2,9-22)11-25)8-18(23-12)29(27,28)24-16-6-13-3-4-15(21)5-14(13)7-16/h3-5,8,16,23-24H,6-7,10-11H2,1-2H3/t16-/m1/s1. The second-order valence-corrected chi connectivity index (χ2v) is 10.3. The van der Waals surface area contributed by atoms with Crippen molar-refractivity contribution in [2.45, 2.75) is 37.8 Å². The van der Waals surface area contributed by atoms with Crippen molar-refractivity contribution in [2.75, 3.05) is 13.1 Å². The number of hydrogen-bond donors (Lipinski definition) is 2. The maximum absolute atomic E-state index is 12.9. The second-order valence-electron chi connectivity index (χ2n) is 8.15. The van der Waals surface area contributed by atoms with E-state index in [9.17, 15) is 13.2 Å². The molecule has 0 unspecified atom stereocenters. The number of aromatic amines is 1. The van der Waals surface area contributed by atoms with Crippen LogP contribution < -0.4 is 4.72 Å². The molecule has 29 heavy (non-hydrogen) atoms. The number of carbonyl (C=O) groups excluding carboxylic acids is 1. The number of halogens is 1. The highest BCUT2D eigenvalue weighted by molar-refractivity contribution is 7.89. The Bertz CT molecular complexity index is 1140. The van der Waals surface area contributed by atoms with Crippen LogP contribution in [0.1, 0.15) is 34.1 Å². The number of benzene rings is 1. The van der Waals surface area contributed by atoms with E-state index in [0.717, 1.165) is 11.1 Å². The molecule has 1 fully saturated rings. The van der Waals surface area contributed by atoms with Gasteiger partial charge in [-0.15, -0.1) is 0 Å². The quantitative estimate of drug-likeness (QED) is 0.773. The molecule has 1 aliphatic heterocycles. The molecule has 2 N–H and O–H groups in total. The SMILES string of the molecule is Cc1[nH]c(S(=O)(=O)N[C@@H]2Cc3ccc(Cl)cc3C2)cc1C(=O)N1CC(C)(C#N)C1. The normalized spacial score (nSPS) is 20.1. The van der Waals surface area contributed by atoms with Crippen LogP contribution in [0.25, 0.3) is 0 Å². The summed E-state index contributed by atoms with van der Waals surface area (Å²) in [6.07, 6.45) is 1.17. The van der Waals surface area contributed by atoms with Gasteiger partial charge < -0.3 is 9.88 Å². The average molecular weight is 433 g/mol. The molecule has 7 nitrogen and oxygen atoms in total. The highest BCUT2D eigenvalue weighted by atomic mass is 35.5. The summed E-state index contributed by atoms with van der Waals surface area (Å²) in [5.74, 6) is -0.268. The molecule has 1 atom stereocenters. The second kappa shape index (κ2) is 6.87. The molecule has 2 heterocycles. The first-order valence-corrected chi connectivity index (χ1v) is 11.2. The van der Waals surface area contributed by atoms with Crippen LogP contribution in [-0.4, -0.2) is 43.3 Å². The Hall–Kier alpha value is -2.34. The van der Waals surface area contributed by atoms with Crippen molar-refractivity contribution in [3.8, 4) is 6.07 Å². The maximum atomic E-state index is 12.9. The van der Waals surface area contributed by atoms with Crippen LogP contribution in [0.15, 0.2) is 29.3 Å². The minimum atomic E-state index is -3.81. The van der Waals surface area contributed by atoms with E-state index in [1.54, 1.807) is 24.8 Å². The largest absolute Gasteiger partial charge is 0.348 e. The van der Waals surface area contributed by atoms with Crippen LogP contribution in [0.3, 0.4) is 0 Å². The number of amides is 1. The number of nitrogens with one attached hydrogen (secondary N) is 2. The molecule has 1 saturated heterocycles. The lowest BCUT2D eigenvalue weighted by atomic mass is 9.83. The van der Waals surface area contributed by atoms with Gasteiger partial charge in [0.05, 0.1) is 17.0 Å². The van der Waals surface area contributed by atoms with Crippen molar-refractivity contribution in [2.24, 2.45) is 5.41 Å². The molecule has 152 valence electrons. The molecule has 9 heteroatoms. The maximum Gasteiger partial charge on any atom is 0.256 e. The fourth-order valence-electron chi connectivity index (χ4n) is 4.03. The van der Waals surface area contributed by atoms with Crippen LogP contribution >= 0.6 is 11.6 Å². The number of fused-ring (bicyclic) bond motifs is 1. The summed E-state index contributed by atoms with van der Waals surface area (Å²) >= 11 is 6.02. The highest BCUT2D eigenvalue weighted by Crippen LogP contribution is 2.31. The average Bonchev–Trinajstić information content (AvgIpc) is 3.20. The first-order chi connectivity index (χ1) is 13.6. The van der Waals surface area contributed by atoms with Crippen LogP contribution in [-0.2, 0) is 22.9 Å². The molecular formula is C20H21ClN4O3S. The van der Waals surface area contributed by atoms with E-state index in [2.05, 4.69) is 15.8 Å². The number of aryl methyl sites for hydroxylation is 1. The Balaban J connectivity index is 1.48. The van der Waals surface area contributed by atoms with Gasteiger partial charge in [-0.3, -0.25) is 4.79 Å². The summed E-state index contributed by atoms with van der Waals surface area (Å²) in [6.45, 7) is 4.16. The van der Waals surface area contributed by atoms with E-state index in [1.807, 2.05) is 12.1 Å². The third kappa shape index (κ3) is 3.66. The van der Waals surface area contributed by atoms with E-state index < -0.39 is 15.4 Å². The lowest BCUT2D eigenvalue weighted by Crippen LogP contribution is -2.56. The number of likely N-dealkylation sites (tertiary alicyclic amines) is 1. The number of nitrogens with zero attached hydrogens (tertiary/aromatic N) is 2. The number of carbonyl (C=O) groups is 1. The number of hydrogen-bond acceptors (Lipinski definition) is 4. The zero-order valence-corrected chi connectivity index (χ0v) is 17.7. The van der Waals surface area contributed by atoms with E-state index in [-0.39, 0.29) is 17.0 Å². The van der Waals surface area contributed by atoms with Gasteiger partial charge in [-0.25, -0.2) is 13.1 Å². The summed E-state index contributed by atoms with van der Waals surface area (Å²) in [5, 5.41) is 9.71. The van der Waals surface area contributed by atoms with Crippen LogP contribution in [0.2, 0.25) is 5.02 Å². The first kappa shape index (κ1) is 20.0. The Morgan fingerprint density at radius 1 is 1.31 bits per heavy atom. The van der Waals surface area contributed by atoms with Crippen molar-refractivity contribution in [1.29, 1.82) is 5.26 Å². The zero-order chi connectivity index (χ0) is 21.0. The summed E-state index contributed by atoms with van der Waals surface area (Å²) in [4.78, 5) is 17.1. The number of sulfonamides is 1. The molecule has 4 rings (SSSR count). The van der Waals surface area contributed by atoms with Gasteiger partial charge in [0, 0.05) is 29.8 Å². The minimum absolute atomic E-state index is 0.0316. The Kier molecular flexibility index (Phi) is 4.73. The van der Waals surface area contributed by atoms with Crippen molar-refractivity contribution >= 4 is 27.5 Å². The highest BCUT2D eigenvalue weighted by Gasteiger charge is 2.42. The molecule has 0 bridgehead atoms. The predicted molar refractivity (Wildman–Crippen MR) is 108 cm³/mol. The third-order valence-corrected chi connectivity index (χ3v) is 7.25. The van der Waals surface area contributed by atoms with Gasteiger partial charge in [0.2, 0.25) is 0 Å². The fraction of sp³-hybridized carbons (Fsp3) is 0.400. The molecule has 2 aromatic rings. The Morgan fingerprint density at radius 2 is 2.00 bits per heavy atom. The molecule has 0 spiro atoms. The van der Waals surface area contributed by atoms with Crippen molar-refractivity contribution in [1.82, 2.24) is 14.6 Å². The third-order valence-electron chi connectivity index (χ3n) is 5.57. The Labute approximate surface area is 174 Å². The lowest BCUT2D eigenvalue weighted by Gasteiger charge is -2.43. The smallest absolute Gasteiger partial charge is 0.256 e. The topological polar surface area (TPSA) is 106 Å². The monoisotopic (exact) mass is 432 g/mol. The fourth-order valence-corrected chi connectivity index (χ4v) is 5.52. The van der Waals surface area contributed by atoms with Gasteiger partial charge in [-0.05, 0) is 56.0 Å². The predicted octanol–water partition coefficient (Wildman–Crippen LogP) is 2.41. The molecule has 2 aliphatic rings. The number of aromatic nitrogens is 1. The van der Waals surface area contributed by atoms with E-state index in [1.165, 1.54) is 6.07 Å². The molecular weight excluding hydrogens is 412 g/mol. The van der Waals surface area contributed by atoms with Gasteiger partial charge in [0.25, 0.3) is 15.9 Å². The Morgan fingerprint density at radius 3 is 2.69 bits per heavy atom. The van der Waals surface area contributed by atoms with Gasteiger partial charge in [-0.1, -0.05) is 17.7 Å². The van der Waals surface area contributed by atoms with E-state index in [4.69, 9.17) is 16.9 Å². The van der Waals surface area contributed by atoms with Crippen LogP contribution in [0, 0.1) is 23.7 Å². The summed E-state index contributed by atoms with van der Waals surface area (Å²) in [6, 6.07) is 8.89. The van der Waals surface area contributed by atoms with Gasteiger partial charge >= 0.3 is 0 Å². The lowest BCUT2D eigenvalue weighted by molar-refractivity contribution is 0.0368. The molecule has 1 aliphatic carbocycles. The van der Waals surface area contributed by atoms with Crippen molar-refractivity contribution in [3.63, 3.8) is 0 Å². The molecule has 1 amide bonds. The van der Waals surface area contributed by atoms with Crippen molar-refractivity contribution < 1.29 is 13.2 Å². The zero-order valence-electron chi connectivity index (χ0n) is 16.1. The molecule has 0 saturated carbocycles. The number of nitriles is 1. The summed E-state index contributed by atoms with van der Waals surface area (Å²) in [5.41, 5.74) is 2.40. The van der Waals surface area contributed by atoms with E-state index in [0.29, 0.717) is 42.2 Å². The number of H-pyrrole nitrogens is 1. The van der Waals surface area contributed by atoms with Gasteiger partial charge in [0.1, 0.15) is 5.03 Å². The number of rotatable bonds is 4. The van der Waals surface area contributed by atoms with Crippen LogP contribution in [0.4, 0.5) is 0 Å². The van der Waals surface area contributed by atoms with Crippen molar-refractivity contribution in [3.05, 3.63) is 51.7 Å². The van der Waals surface area contributed by atoms with E-state index >= 15 is 0 Å². The van der Waals surface area contributed by atoms with Crippen LogP contribution in [0.5, 0.6) is 0 Å². The molecule has 0 radical (unpaired) electrons. The molecule has 1 aromatic heterocycles. The minimum Gasteiger partial charge on any atom is -0.348 e. The molecule has 1 aromatic carbocycles.